The quantitative estimate of drug-likeness (QED) is 0.795. The van der Waals surface area contributed by atoms with Crippen LogP contribution in [0.25, 0.3) is 0 Å². The highest BCUT2D eigenvalue weighted by atomic mass is 32.2. The van der Waals surface area contributed by atoms with Gasteiger partial charge in [0, 0.05) is 22.6 Å². The molecule has 3 rings (SSSR count). The van der Waals surface area contributed by atoms with Gasteiger partial charge in [0.2, 0.25) is 0 Å². The molecule has 0 saturated carbocycles. The lowest BCUT2D eigenvalue weighted by molar-refractivity contribution is 0.0759. The second-order valence-corrected chi connectivity index (χ2v) is 6.91. The zero-order valence-electron chi connectivity index (χ0n) is 12.7. The fraction of sp³-hybridized carbons (Fsp3) is 0.333. The van der Waals surface area contributed by atoms with Crippen molar-refractivity contribution in [3.63, 3.8) is 0 Å². The molecule has 0 saturated heterocycles. The minimum Gasteiger partial charge on any atom is -0.487 e. The Bertz CT molecular complexity index is 639. The van der Waals surface area contributed by atoms with Crippen LogP contribution in [0.2, 0.25) is 0 Å². The van der Waals surface area contributed by atoms with Crippen molar-refractivity contribution in [2.75, 3.05) is 11.6 Å². The predicted octanol–water partition coefficient (Wildman–Crippen LogP) is 5.12. The van der Waals surface area contributed by atoms with Gasteiger partial charge in [-0.2, -0.15) is 0 Å². The Balaban J connectivity index is 1.90. The first-order valence-electron chi connectivity index (χ1n) is 7.26. The molecule has 0 radical (unpaired) electrons. The number of anilines is 1. The Morgan fingerprint density at radius 1 is 1.14 bits per heavy atom. The number of fused-ring (bicyclic) bond motifs is 1. The van der Waals surface area contributed by atoms with Gasteiger partial charge in [-0.25, -0.2) is 0 Å². The van der Waals surface area contributed by atoms with E-state index >= 15 is 0 Å². The summed E-state index contributed by atoms with van der Waals surface area (Å²) < 4.78 is 6.09. The number of thioether (sulfide) groups is 1. The zero-order chi connectivity index (χ0) is 14.9. The van der Waals surface area contributed by atoms with Crippen molar-refractivity contribution in [1.29, 1.82) is 0 Å². The van der Waals surface area contributed by atoms with E-state index in [4.69, 9.17) is 4.74 Å². The van der Waals surface area contributed by atoms with E-state index in [0.29, 0.717) is 0 Å². The van der Waals surface area contributed by atoms with E-state index in [9.17, 15) is 0 Å². The molecule has 0 fully saturated rings. The second kappa shape index (κ2) is 5.64. The van der Waals surface area contributed by atoms with Crippen LogP contribution in [-0.2, 0) is 0 Å². The Morgan fingerprint density at radius 2 is 1.95 bits per heavy atom. The van der Waals surface area contributed by atoms with Crippen molar-refractivity contribution < 1.29 is 4.74 Å². The molecule has 0 aliphatic carbocycles. The summed E-state index contributed by atoms with van der Waals surface area (Å²) in [5.74, 6) is 0.993. The number of para-hydroxylation sites is 1. The van der Waals surface area contributed by atoms with E-state index in [0.717, 1.165) is 12.2 Å². The molecule has 1 unspecified atom stereocenters. The molecule has 110 valence electrons. The minimum absolute atomic E-state index is 0.150. The van der Waals surface area contributed by atoms with E-state index in [-0.39, 0.29) is 11.6 Å². The van der Waals surface area contributed by atoms with Crippen LogP contribution in [0.1, 0.15) is 31.9 Å². The molecule has 1 aliphatic heterocycles. The number of nitrogens with one attached hydrogen (secondary N) is 1. The van der Waals surface area contributed by atoms with Crippen LogP contribution < -0.4 is 10.1 Å². The summed E-state index contributed by atoms with van der Waals surface area (Å²) in [7, 11) is 0. The summed E-state index contributed by atoms with van der Waals surface area (Å²) in [6.45, 7) is 4.30. The van der Waals surface area contributed by atoms with E-state index in [2.05, 4.69) is 67.9 Å². The van der Waals surface area contributed by atoms with Crippen LogP contribution >= 0.6 is 11.8 Å². The maximum absolute atomic E-state index is 6.09. The lowest BCUT2D eigenvalue weighted by Crippen LogP contribution is -2.37. The van der Waals surface area contributed by atoms with E-state index in [1.165, 1.54) is 16.1 Å². The first-order chi connectivity index (χ1) is 10.1. The van der Waals surface area contributed by atoms with Crippen molar-refractivity contribution in [1.82, 2.24) is 0 Å². The molecular formula is C18H21NOS. The fourth-order valence-electron chi connectivity index (χ4n) is 2.85. The average Bonchev–Trinajstić information content (AvgIpc) is 2.46. The second-order valence-electron chi connectivity index (χ2n) is 6.03. The first kappa shape index (κ1) is 14.3. The number of hydrogen-bond donors (Lipinski definition) is 1. The molecule has 3 heteroatoms. The molecule has 1 N–H and O–H groups in total. The summed E-state index contributed by atoms with van der Waals surface area (Å²) in [5.41, 5.74) is 2.26. The summed E-state index contributed by atoms with van der Waals surface area (Å²) in [6, 6.07) is 17.2. The van der Waals surface area contributed by atoms with Crippen LogP contribution in [0, 0.1) is 0 Å². The third kappa shape index (κ3) is 3.18. The lowest BCUT2D eigenvalue weighted by atomic mass is 9.89. The number of hydrogen-bond acceptors (Lipinski definition) is 3. The Kier molecular flexibility index (Phi) is 3.85. The van der Waals surface area contributed by atoms with Gasteiger partial charge in [0.15, 0.2) is 0 Å². The molecular weight excluding hydrogens is 278 g/mol. The van der Waals surface area contributed by atoms with E-state index in [1.54, 1.807) is 11.8 Å². The highest BCUT2D eigenvalue weighted by Gasteiger charge is 2.33. The normalized spacial score (nSPS) is 19.5. The standard InChI is InChI=1S/C18H21NOS/c1-18(2)12-16(15-9-4-5-10-17(15)20-18)19-13-7-6-8-14(11-13)21-3/h4-11,16,19H,12H2,1-3H3. The largest absolute Gasteiger partial charge is 0.487 e. The Morgan fingerprint density at radius 3 is 2.76 bits per heavy atom. The van der Waals surface area contributed by atoms with Gasteiger partial charge in [-0.15, -0.1) is 11.8 Å². The molecule has 0 spiro atoms. The molecule has 1 atom stereocenters. The molecule has 21 heavy (non-hydrogen) atoms. The van der Waals surface area contributed by atoms with Crippen LogP contribution in [0.15, 0.2) is 53.4 Å². The molecule has 1 aliphatic rings. The monoisotopic (exact) mass is 299 g/mol. The summed E-state index contributed by atoms with van der Waals surface area (Å²) in [4.78, 5) is 1.28. The predicted molar refractivity (Wildman–Crippen MR) is 90.4 cm³/mol. The van der Waals surface area contributed by atoms with Gasteiger partial charge >= 0.3 is 0 Å². The average molecular weight is 299 g/mol. The molecule has 2 aromatic rings. The molecule has 2 aromatic carbocycles. The molecule has 2 nitrogen and oxygen atoms in total. The number of ether oxygens (including phenoxy) is 1. The highest BCUT2D eigenvalue weighted by molar-refractivity contribution is 7.98. The smallest absolute Gasteiger partial charge is 0.125 e. The number of rotatable bonds is 3. The summed E-state index contributed by atoms with van der Waals surface area (Å²) in [5, 5.41) is 3.67. The summed E-state index contributed by atoms with van der Waals surface area (Å²) >= 11 is 1.77. The maximum Gasteiger partial charge on any atom is 0.125 e. The van der Waals surface area contributed by atoms with Gasteiger partial charge in [0.05, 0.1) is 6.04 Å². The Hall–Kier alpha value is -1.61. The van der Waals surface area contributed by atoms with Gasteiger partial charge < -0.3 is 10.1 Å². The fourth-order valence-corrected chi connectivity index (χ4v) is 3.30. The van der Waals surface area contributed by atoms with Gasteiger partial charge in [0.25, 0.3) is 0 Å². The van der Waals surface area contributed by atoms with Crippen molar-refractivity contribution in [2.45, 2.75) is 36.8 Å². The van der Waals surface area contributed by atoms with Crippen molar-refractivity contribution >= 4 is 17.4 Å². The third-order valence-electron chi connectivity index (χ3n) is 3.79. The highest BCUT2D eigenvalue weighted by Crippen LogP contribution is 2.41. The van der Waals surface area contributed by atoms with Crippen LogP contribution in [0.5, 0.6) is 5.75 Å². The minimum atomic E-state index is -0.150. The van der Waals surface area contributed by atoms with Crippen molar-refractivity contribution in [3.8, 4) is 5.75 Å². The SMILES string of the molecule is CSc1cccc(NC2CC(C)(C)Oc3ccccc32)c1. The van der Waals surface area contributed by atoms with Gasteiger partial charge in [-0.1, -0.05) is 24.3 Å². The van der Waals surface area contributed by atoms with Gasteiger partial charge in [-0.3, -0.25) is 0 Å². The topological polar surface area (TPSA) is 21.3 Å². The van der Waals surface area contributed by atoms with E-state index in [1.807, 2.05) is 6.07 Å². The first-order valence-corrected chi connectivity index (χ1v) is 8.48. The van der Waals surface area contributed by atoms with E-state index < -0.39 is 0 Å². The molecule has 0 amide bonds. The van der Waals surface area contributed by atoms with Crippen LogP contribution in [-0.4, -0.2) is 11.9 Å². The van der Waals surface area contributed by atoms with Crippen LogP contribution in [0.3, 0.4) is 0 Å². The Labute approximate surface area is 130 Å². The van der Waals surface area contributed by atoms with Crippen LogP contribution in [0.4, 0.5) is 5.69 Å². The molecule has 0 aromatic heterocycles. The zero-order valence-corrected chi connectivity index (χ0v) is 13.5. The molecule has 1 heterocycles. The van der Waals surface area contributed by atoms with Gasteiger partial charge in [-0.05, 0) is 44.4 Å². The number of benzene rings is 2. The molecule has 0 bridgehead atoms. The summed E-state index contributed by atoms with van der Waals surface area (Å²) in [6.07, 6.45) is 3.06. The van der Waals surface area contributed by atoms with Crippen molar-refractivity contribution in [2.24, 2.45) is 0 Å². The van der Waals surface area contributed by atoms with Crippen molar-refractivity contribution in [3.05, 3.63) is 54.1 Å². The third-order valence-corrected chi connectivity index (χ3v) is 4.51. The lowest BCUT2D eigenvalue weighted by Gasteiger charge is -2.38. The van der Waals surface area contributed by atoms with Gasteiger partial charge in [0.1, 0.15) is 11.4 Å². The maximum atomic E-state index is 6.09.